The van der Waals surface area contributed by atoms with Crippen molar-refractivity contribution in [3.8, 4) is 0 Å². The van der Waals surface area contributed by atoms with Gasteiger partial charge in [-0.2, -0.15) is 0 Å². The summed E-state index contributed by atoms with van der Waals surface area (Å²) in [5.41, 5.74) is 0. The quantitative estimate of drug-likeness (QED) is 0.643. The highest BCUT2D eigenvalue weighted by molar-refractivity contribution is 4.82. The molecule has 1 heteroatoms. The molecule has 0 aliphatic heterocycles. The van der Waals surface area contributed by atoms with Crippen LogP contribution in [0.1, 0.15) is 59.8 Å². The standard InChI is InChI=1S/C14H29N/c1-5-12(6-2)9-13(11(3)4)10-15-14-7-8-14/h11-15H,5-10H2,1-4H3. The summed E-state index contributed by atoms with van der Waals surface area (Å²) in [6.45, 7) is 10.7. The zero-order valence-corrected chi connectivity index (χ0v) is 11.1. The molecule has 0 heterocycles. The Morgan fingerprint density at radius 3 is 2.13 bits per heavy atom. The molecule has 0 aromatic carbocycles. The SMILES string of the molecule is CCC(CC)CC(CNC1CC1)C(C)C. The van der Waals surface area contributed by atoms with E-state index in [9.17, 15) is 0 Å². The summed E-state index contributed by atoms with van der Waals surface area (Å²) in [6, 6.07) is 0.868. The van der Waals surface area contributed by atoms with Crippen molar-refractivity contribution in [2.24, 2.45) is 17.8 Å². The maximum absolute atomic E-state index is 3.69. The predicted octanol–water partition coefficient (Wildman–Crippen LogP) is 3.84. The second-order valence-corrected chi connectivity index (χ2v) is 5.60. The van der Waals surface area contributed by atoms with E-state index < -0.39 is 0 Å². The molecule has 1 rings (SSSR count). The van der Waals surface area contributed by atoms with E-state index in [1.54, 1.807) is 0 Å². The molecule has 1 fully saturated rings. The Morgan fingerprint density at radius 1 is 1.13 bits per heavy atom. The molecule has 1 nitrogen and oxygen atoms in total. The molecule has 1 unspecified atom stereocenters. The lowest BCUT2D eigenvalue weighted by Crippen LogP contribution is -2.29. The first kappa shape index (κ1) is 13.0. The van der Waals surface area contributed by atoms with Gasteiger partial charge in [-0.25, -0.2) is 0 Å². The van der Waals surface area contributed by atoms with Gasteiger partial charge in [0.05, 0.1) is 0 Å². The molecular weight excluding hydrogens is 182 g/mol. The van der Waals surface area contributed by atoms with Crippen LogP contribution in [0.2, 0.25) is 0 Å². The molecule has 0 aromatic rings. The van der Waals surface area contributed by atoms with Crippen molar-refractivity contribution in [2.75, 3.05) is 6.54 Å². The molecule has 1 atom stereocenters. The minimum atomic E-state index is 0.830. The van der Waals surface area contributed by atoms with E-state index in [0.29, 0.717) is 0 Å². The van der Waals surface area contributed by atoms with Crippen LogP contribution in [0, 0.1) is 17.8 Å². The highest BCUT2D eigenvalue weighted by Gasteiger charge is 2.23. The third-order valence-corrected chi connectivity index (χ3v) is 3.98. The summed E-state index contributed by atoms with van der Waals surface area (Å²) in [6.07, 6.45) is 6.95. The Balaban J connectivity index is 2.27. The fourth-order valence-electron chi connectivity index (χ4n) is 2.25. The first-order chi connectivity index (χ1) is 7.17. The largest absolute Gasteiger partial charge is 0.314 e. The molecule has 0 bridgehead atoms. The van der Waals surface area contributed by atoms with Crippen LogP contribution in [0.4, 0.5) is 0 Å². The third-order valence-electron chi connectivity index (χ3n) is 3.98. The zero-order chi connectivity index (χ0) is 11.3. The molecule has 0 radical (unpaired) electrons. The van der Waals surface area contributed by atoms with Crippen LogP contribution in [0.3, 0.4) is 0 Å². The lowest BCUT2D eigenvalue weighted by atomic mass is 9.84. The van der Waals surface area contributed by atoms with Gasteiger partial charge < -0.3 is 5.32 Å². The van der Waals surface area contributed by atoms with Gasteiger partial charge in [-0.3, -0.25) is 0 Å². The topological polar surface area (TPSA) is 12.0 Å². The van der Waals surface area contributed by atoms with Gasteiger partial charge >= 0.3 is 0 Å². The van der Waals surface area contributed by atoms with Crippen LogP contribution < -0.4 is 5.32 Å². The molecular formula is C14H29N. The zero-order valence-electron chi connectivity index (χ0n) is 11.1. The van der Waals surface area contributed by atoms with E-state index in [-0.39, 0.29) is 0 Å². The Kier molecular flexibility index (Phi) is 5.66. The smallest absolute Gasteiger partial charge is 0.00683 e. The van der Waals surface area contributed by atoms with E-state index in [4.69, 9.17) is 0 Å². The summed E-state index contributed by atoms with van der Waals surface area (Å²) >= 11 is 0. The first-order valence-electron chi connectivity index (χ1n) is 6.90. The van der Waals surface area contributed by atoms with Gasteiger partial charge in [0.15, 0.2) is 0 Å². The maximum Gasteiger partial charge on any atom is 0.00683 e. The summed E-state index contributed by atoms with van der Waals surface area (Å²) in [5.74, 6) is 2.66. The van der Waals surface area contributed by atoms with Gasteiger partial charge in [0.2, 0.25) is 0 Å². The van der Waals surface area contributed by atoms with Gasteiger partial charge in [0.1, 0.15) is 0 Å². The monoisotopic (exact) mass is 211 g/mol. The minimum absolute atomic E-state index is 0.830. The van der Waals surface area contributed by atoms with Crippen LogP contribution in [-0.4, -0.2) is 12.6 Å². The van der Waals surface area contributed by atoms with E-state index in [1.807, 2.05) is 0 Å². The number of rotatable bonds is 8. The molecule has 0 spiro atoms. The minimum Gasteiger partial charge on any atom is -0.314 e. The van der Waals surface area contributed by atoms with Crippen LogP contribution in [0.5, 0.6) is 0 Å². The van der Waals surface area contributed by atoms with Crippen LogP contribution >= 0.6 is 0 Å². The highest BCUT2D eigenvalue weighted by atomic mass is 14.9. The average Bonchev–Trinajstić information content (AvgIpc) is 3.01. The van der Waals surface area contributed by atoms with Crippen molar-refractivity contribution in [1.29, 1.82) is 0 Å². The second kappa shape index (κ2) is 6.52. The number of hydrogen-bond donors (Lipinski definition) is 1. The Bertz CT molecular complexity index is 157. The van der Waals surface area contributed by atoms with Gasteiger partial charge in [-0.05, 0) is 43.6 Å². The van der Waals surface area contributed by atoms with E-state index in [1.165, 1.54) is 38.6 Å². The Hall–Kier alpha value is -0.0400. The Labute approximate surface area is 96.0 Å². The maximum atomic E-state index is 3.69. The van der Waals surface area contributed by atoms with E-state index in [2.05, 4.69) is 33.0 Å². The van der Waals surface area contributed by atoms with Gasteiger partial charge in [-0.15, -0.1) is 0 Å². The number of nitrogens with one attached hydrogen (secondary N) is 1. The normalized spacial score (nSPS) is 18.8. The fraction of sp³-hybridized carbons (Fsp3) is 1.00. The predicted molar refractivity (Wildman–Crippen MR) is 68.0 cm³/mol. The summed E-state index contributed by atoms with van der Waals surface area (Å²) in [4.78, 5) is 0. The van der Waals surface area contributed by atoms with Crippen molar-refractivity contribution < 1.29 is 0 Å². The molecule has 90 valence electrons. The molecule has 0 aromatic heterocycles. The molecule has 1 aliphatic rings. The van der Waals surface area contributed by atoms with Crippen molar-refractivity contribution in [1.82, 2.24) is 5.32 Å². The highest BCUT2D eigenvalue weighted by Crippen LogP contribution is 2.26. The van der Waals surface area contributed by atoms with Crippen molar-refractivity contribution >= 4 is 0 Å². The van der Waals surface area contributed by atoms with Gasteiger partial charge in [0, 0.05) is 6.04 Å². The van der Waals surface area contributed by atoms with E-state index >= 15 is 0 Å². The molecule has 0 saturated heterocycles. The van der Waals surface area contributed by atoms with Crippen molar-refractivity contribution in [2.45, 2.75) is 65.8 Å². The summed E-state index contributed by atoms with van der Waals surface area (Å²) in [5, 5.41) is 3.69. The lowest BCUT2D eigenvalue weighted by molar-refractivity contribution is 0.275. The molecule has 1 aliphatic carbocycles. The lowest BCUT2D eigenvalue weighted by Gasteiger charge is -2.25. The number of hydrogen-bond acceptors (Lipinski definition) is 1. The summed E-state index contributed by atoms with van der Waals surface area (Å²) in [7, 11) is 0. The van der Waals surface area contributed by atoms with Gasteiger partial charge in [-0.1, -0.05) is 40.5 Å². The van der Waals surface area contributed by atoms with Crippen molar-refractivity contribution in [3.63, 3.8) is 0 Å². The van der Waals surface area contributed by atoms with Gasteiger partial charge in [0.25, 0.3) is 0 Å². The fourth-order valence-corrected chi connectivity index (χ4v) is 2.25. The Morgan fingerprint density at radius 2 is 1.73 bits per heavy atom. The van der Waals surface area contributed by atoms with Crippen LogP contribution in [-0.2, 0) is 0 Å². The average molecular weight is 211 g/mol. The summed E-state index contributed by atoms with van der Waals surface area (Å²) < 4.78 is 0. The second-order valence-electron chi connectivity index (χ2n) is 5.60. The van der Waals surface area contributed by atoms with Crippen LogP contribution in [0.15, 0.2) is 0 Å². The molecule has 0 amide bonds. The van der Waals surface area contributed by atoms with E-state index in [0.717, 1.165) is 23.8 Å². The van der Waals surface area contributed by atoms with Crippen LogP contribution in [0.25, 0.3) is 0 Å². The molecule has 1 N–H and O–H groups in total. The van der Waals surface area contributed by atoms with Crippen molar-refractivity contribution in [3.05, 3.63) is 0 Å². The first-order valence-corrected chi connectivity index (χ1v) is 6.90. The third kappa shape index (κ3) is 5.01. The molecule has 15 heavy (non-hydrogen) atoms. The molecule has 1 saturated carbocycles.